The van der Waals surface area contributed by atoms with Gasteiger partial charge in [0.05, 0.1) is 23.7 Å². The molecule has 1 rings (SSSR count). The molecule has 0 bridgehead atoms. The smallest absolute Gasteiger partial charge is 0.407 e. The van der Waals surface area contributed by atoms with Gasteiger partial charge < -0.3 is 15.2 Å². The second-order valence-electron chi connectivity index (χ2n) is 5.22. The largest absolute Gasteiger partial charge is 0.444 e. The summed E-state index contributed by atoms with van der Waals surface area (Å²) in [5.41, 5.74) is -0.615. The minimum Gasteiger partial charge on any atom is -0.444 e. The van der Waals surface area contributed by atoms with E-state index in [1.54, 1.807) is 20.8 Å². The maximum atomic E-state index is 11.4. The van der Waals surface area contributed by atoms with Gasteiger partial charge in [-0.15, -0.1) is 0 Å². The molecule has 0 aliphatic carbocycles. The molecule has 0 aromatic carbocycles. The molecule has 1 aliphatic heterocycles. The van der Waals surface area contributed by atoms with Crippen LogP contribution in [0.25, 0.3) is 0 Å². The molecule has 2 atom stereocenters. The predicted octanol–water partition coefficient (Wildman–Crippen LogP) is 0.0591. The van der Waals surface area contributed by atoms with Crippen LogP contribution in [0.15, 0.2) is 0 Å². The zero-order valence-corrected chi connectivity index (χ0v) is 11.1. The van der Waals surface area contributed by atoms with Crippen molar-refractivity contribution in [2.45, 2.75) is 44.9 Å². The predicted molar refractivity (Wildman–Crippen MR) is 62.4 cm³/mol. The Kier molecular flexibility index (Phi) is 4.03. The van der Waals surface area contributed by atoms with Crippen molar-refractivity contribution in [2.75, 3.05) is 11.5 Å². The number of carbonyl (C=O) groups excluding carboxylic acids is 1. The zero-order valence-electron chi connectivity index (χ0n) is 10.3. The Morgan fingerprint density at radius 2 is 2.00 bits per heavy atom. The Hall–Kier alpha value is -0.820. The van der Waals surface area contributed by atoms with Crippen LogP contribution in [0.5, 0.6) is 0 Å². The summed E-state index contributed by atoms with van der Waals surface area (Å²) >= 11 is 0. The van der Waals surface area contributed by atoms with Crippen LogP contribution in [-0.4, -0.2) is 48.9 Å². The zero-order chi connectivity index (χ0) is 13.3. The third-order valence-electron chi connectivity index (χ3n) is 2.33. The van der Waals surface area contributed by atoms with Gasteiger partial charge in [-0.25, -0.2) is 13.2 Å². The highest BCUT2D eigenvalue weighted by Gasteiger charge is 2.33. The lowest BCUT2D eigenvalue weighted by atomic mass is 10.1. The first-order chi connectivity index (χ1) is 7.59. The monoisotopic (exact) mass is 265 g/mol. The molecular formula is C10H19NO5S. The summed E-state index contributed by atoms with van der Waals surface area (Å²) in [6.07, 6.45) is -1.50. The molecule has 1 heterocycles. The fourth-order valence-corrected chi connectivity index (χ4v) is 3.12. The molecule has 0 aromatic rings. The minimum absolute atomic E-state index is 0.0233. The number of aliphatic hydroxyl groups excluding tert-OH is 1. The number of aliphatic hydroxyl groups is 1. The Balaban J connectivity index is 2.51. The molecular weight excluding hydrogens is 246 g/mol. The van der Waals surface area contributed by atoms with E-state index in [4.69, 9.17) is 4.74 Å². The number of ether oxygens (including phenoxy) is 1. The lowest BCUT2D eigenvalue weighted by Gasteiger charge is -2.29. The van der Waals surface area contributed by atoms with Gasteiger partial charge in [-0.1, -0.05) is 0 Å². The number of sulfone groups is 1. The molecule has 2 N–H and O–H groups in total. The van der Waals surface area contributed by atoms with Crippen LogP contribution in [-0.2, 0) is 14.6 Å². The van der Waals surface area contributed by atoms with Crippen molar-refractivity contribution in [3.63, 3.8) is 0 Å². The van der Waals surface area contributed by atoms with Crippen molar-refractivity contribution in [1.82, 2.24) is 5.32 Å². The van der Waals surface area contributed by atoms with Crippen LogP contribution in [0, 0.1) is 0 Å². The van der Waals surface area contributed by atoms with E-state index in [2.05, 4.69) is 5.32 Å². The quantitative estimate of drug-likeness (QED) is 0.699. The van der Waals surface area contributed by atoms with Crippen molar-refractivity contribution < 1.29 is 23.1 Å². The third kappa shape index (κ3) is 4.91. The average molecular weight is 265 g/mol. The summed E-state index contributed by atoms with van der Waals surface area (Å²) in [4.78, 5) is 11.4. The van der Waals surface area contributed by atoms with E-state index in [-0.39, 0.29) is 17.9 Å². The molecule has 1 amide bonds. The lowest BCUT2D eigenvalue weighted by molar-refractivity contribution is 0.0432. The SMILES string of the molecule is CC(C)(C)OC(=O)NC1CCS(=O)(=O)C[C@H]1O. The maximum Gasteiger partial charge on any atom is 0.407 e. The van der Waals surface area contributed by atoms with E-state index in [0.717, 1.165) is 0 Å². The van der Waals surface area contributed by atoms with Crippen molar-refractivity contribution in [3.05, 3.63) is 0 Å². The number of alkyl carbamates (subject to hydrolysis) is 1. The van der Waals surface area contributed by atoms with E-state index >= 15 is 0 Å². The average Bonchev–Trinajstić information content (AvgIpc) is 2.06. The van der Waals surface area contributed by atoms with Gasteiger partial charge in [0.1, 0.15) is 5.60 Å². The fourth-order valence-electron chi connectivity index (χ4n) is 1.59. The third-order valence-corrected chi connectivity index (χ3v) is 4.04. The van der Waals surface area contributed by atoms with Crippen LogP contribution in [0.3, 0.4) is 0 Å². The number of hydrogen-bond donors (Lipinski definition) is 2. The molecule has 0 aromatic heterocycles. The van der Waals surface area contributed by atoms with Crippen LogP contribution in [0.2, 0.25) is 0 Å². The topological polar surface area (TPSA) is 92.7 Å². The lowest BCUT2D eigenvalue weighted by Crippen LogP contribution is -2.51. The molecule has 1 aliphatic rings. The summed E-state index contributed by atoms with van der Waals surface area (Å²) < 4.78 is 27.5. The first-order valence-electron chi connectivity index (χ1n) is 5.47. The van der Waals surface area contributed by atoms with E-state index < -0.39 is 33.7 Å². The van der Waals surface area contributed by atoms with Crippen molar-refractivity contribution in [2.24, 2.45) is 0 Å². The Bertz CT molecular complexity index is 384. The highest BCUT2D eigenvalue weighted by Crippen LogP contribution is 2.14. The number of nitrogens with one attached hydrogen (secondary N) is 1. The maximum absolute atomic E-state index is 11.4. The summed E-state index contributed by atoms with van der Waals surface area (Å²) in [7, 11) is -3.18. The second-order valence-corrected chi connectivity index (χ2v) is 7.45. The Labute approximate surface area is 101 Å². The molecule has 0 saturated carbocycles. The van der Waals surface area contributed by atoms with Crippen LogP contribution < -0.4 is 5.32 Å². The van der Waals surface area contributed by atoms with E-state index in [0.29, 0.717) is 0 Å². The molecule has 100 valence electrons. The first-order valence-corrected chi connectivity index (χ1v) is 7.29. The number of amides is 1. The Morgan fingerprint density at radius 1 is 1.41 bits per heavy atom. The fraction of sp³-hybridized carbons (Fsp3) is 0.900. The standard InChI is InChI=1S/C10H19NO5S/c1-10(2,3)16-9(13)11-7-4-5-17(14,15)6-8(7)12/h7-8,12H,4-6H2,1-3H3,(H,11,13)/t7?,8-/m1/s1. The van der Waals surface area contributed by atoms with Crippen LogP contribution in [0.1, 0.15) is 27.2 Å². The number of carbonyl (C=O) groups is 1. The van der Waals surface area contributed by atoms with Gasteiger partial charge in [-0.2, -0.15) is 0 Å². The van der Waals surface area contributed by atoms with Crippen LogP contribution >= 0.6 is 0 Å². The molecule has 1 saturated heterocycles. The highest BCUT2D eigenvalue weighted by molar-refractivity contribution is 7.91. The van der Waals surface area contributed by atoms with E-state index in [9.17, 15) is 18.3 Å². The van der Waals surface area contributed by atoms with Gasteiger partial charge in [0.2, 0.25) is 0 Å². The number of rotatable bonds is 1. The summed E-state index contributed by atoms with van der Waals surface area (Å²) in [5.74, 6) is -0.335. The highest BCUT2D eigenvalue weighted by atomic mass is 32.2. The van der Waals surface area contributed by atoms with E-state index in [1.165, 1.54) is 0 Å². The molecule has 1 unspecified atom stereocenters. The normalized spacial score (nSPS) is 28.5. The Morgan fingerprint density at radius 3 is 2.47 bits per heavy atom. The first kappa shape index (κ1) is 14.2. The van der Waals surface area contributed by atoms with Gasteiger partial charge in [0, 0.05) is 0 Å². The second kappa shape index (κ2) is 4.81. The summed E-state index contributed by atoms with van der Waals surface area (Å²) in [6, 6.07) is -0.562. The van der Waals surface area contributed by atoms with Gasteiger partial charge in [-0.05, 0) is 27.2 Å². The number of hydrogen-bond acceptors (Lipinski definition) is 5. The molecule has 7 heteroatoms. The molecule has 0 spiro atoms. The summed E-state index contributed by atoms with van der Waals surface area (Å²) in [6.45, 7) is 5.19. The molecule has 0 radical (unpaired) electrons. The van der Waals surface area contributed by atoms with E-state index in [1.807, 2.05) is 0 Å². The van der Waals surface area contributed by atoms with Gasteiger partial charge >= 0.3 is 6.09 Å². The minimum atomic E-state index is -3.18. The molecule has 1 fully saturated rings. The van der Waals surface area contributed by atoms with Crippen molar-refractivity contribution in [3.8, 4) is 0 Å². The van der Waals surface area contributed by atoms with Gasteiger partial charge in [-0.3, -0.25) is 0 Å². The summed E-state index contributed by atoms with van der Waals surface area (Å²) in [5, 5.41) is 12.1. The van der Waals surface area contributed by atoms with Gasteiger partial charge in [0.15, 0.2) is 9.84 Å². The molecule has 17 heavy (non-hydrogen) atoms. The van der Waals surface area contributed by atoms with Crippen molar-refractivity contribution in [1.29, 1.82) is 0 Å². The van der Waals surface area contributed by atoms with Gasteiger partial charge in [0.25, 0.3) is 0 Å². The molecule has 6 nitrogen and oxygen atoms in total. The van der Waals surface area contributed by atoms with Crippen molar-refractivity contribution >= 4 is 15.9 Å². The van der Waals surface area contributed by atoms with Crippen LogP contribution in [0.4, 0.5) is 4.79 Å².